The van der Waals surface area contributed by atoms with Crippen molar-refractivity contribution >= 4 is 0 Å². The molecule has 108 valence electrons. The van der Waals surface area contributed by atoms with Crippen LogP contribution in [0.3, 0.4) is 0 Å². The molecule has 0 radical (unpaired) electrons. The molecule has 0 saturated carbocycles. The first-order chi connectivity index (χ1) is 8.78. The average molecular weight is 258 g/mol. The molecule has 2 unspecified atom stereocenters. The van der Waals surface area contributed by atoms with Gasteiger partial charge in [0.05, 0.1) is 13.2 Å². The number of nitrogens with zero attached hydrogens (tertiary/aromatic N) is 1. The molecule has 0 aromatic rings. The van der Waals surface area contributed by atoms with Gasteiger partial charge < -0.3 is 15.2 Å². The first kappa shape index (κ1) is 15.9. The van der Waals surface area contributed by atoms with Crippen LogP contribution in [0.5, 0.6) is 0 Å². The lowest BCUT2D eigenvalue weighted by Crippen LogP contribution is -2.51. The second kappa shape index (κ2) is 8.86. The fraction of sp³-hybridized carbons (Fsp3) is 1.00. The molecule has 1 heterocycles. The van der Waals surface area contributed by atoms with Crippen LogP contribution >= 0.6 is 0 Å². The zero-order chi connectivity index (χ0) is 13.4. The number of hydrogen-bond acceptors (Lipinski definition) is 4. The quantitative estimate of drug-likeness (QED) is 0.680. The molecule has 1 aliphatic rings. The van der Waals surface area contributed by atoms with Gasteiger partial charge >= 0.3 is 0 Å². The second-order valence-electron chi connectivity index (χ2n) is 5.13. The molecular formula is C14H30N2O2. The van der Waals surface area contributed by atoms with Gasteiger partial charge in [0.25, 0.3) is 0 Å². The summed E-state index contributed by atoms with van der Waals surface area (Å²) in [6.45, 7) is 8.74. The van der Waals surface area contributed by atoms with Gasteiger partial charge in [0.1, 0.15) is 0 Å². The van der Waals surface area contributed by atoms with Gasteiger partial charge in [-0.05, 0) is 19.3 Å². The van der Waals surface area contributed by atoms with Gasteiger partial charge in [-0.2, -0.15) is 0 Å². The van der Waals surface area contributed by atoms with Crippen molar-refractivity contribution in [2.75, 3.05) is 40.0 Å². The largest absolute Gasteiger partial charge is 0.383 e. The van der Waals surface area contributed by atoms with E-state index in [2.05, 4.69) is 18.7 Å². The Morgan fingerprint density at radius 2 is 2.11 bits per heavy atom. The summed E-state index contributed by atoms with van der Waals surface area (Å²) in [4.78, 5) is 2.56. The third-order valence-corrected chi connectivity index (χ3v) is 4.14. The molecule has 0 bridgehead atoms. The van der Waals surface area contributed by atoms with E-state index in [4.69, 9.17) is 15.2 Å². The van der Waals surface area contributed by atoms with Crippen molar-refractivity contribution in [1.29, 1.82) is 0 Å². The Balaban J connectivity index is 2.69. The van der Waals surface area contributed by atoms with Crippen LogP contribution in [0.25, 0.3) is 0 Å². The number of methoxy groups -OCH3 is 1. The molecule has 1 fully saturated rings. The molecule has 4 nitrogen and oxygen atoms in total. The van der Waals surface area contributed by atoms with Crippen LogP contribution in [0.1, 0.15) is 33.1 Å². The smallest absolute Gasteiger partial charge is 0.0589 e. The Hall–Kier alpha value is -0.160. The topological polar surface area (TPSA) is 47.7 Å². The maximum absolute atomic E-state index is 6.03. The summed E-state index contributed by atoms with van der Waals surface area (Å²) in [7, 11) is 1.77. The average Bonchev–Trinajstić information content (AvgIpc) is 2.91. The van der Waals surface area contributed by atoms with E-state index in [-0.39, 0.29) is 0 Å². The van der Waals surface area contributed by atoms with Crippen LogP contribution in [-0.2, 0) is 9.47 Å². The Bertz CT molecular complexity index is 204. The minimum absolute atomic E-state index is 0.438. The lowest BCUT2D eigenvalue weighted by Gasteiger charge is -2.39. The molecule has 0 aromatic heterocycles. The van der Waals surface area contributed by atoms with E-state index in [1.165, 1.54) is 12.8 Å². The molecule has 1 aliphatic heterocycles. The lowest BCUT2D eigenvalue weighted by atomic mass is 9.94. The van der Waals surface area contributed by atoms with Crippen molar-refractivity contribution in [3.05, 3.63) is 0 Å². The zero-order valence-corrected chi connectivity index (χ0v) is 12.2. The van der Waals surface area contributed by atoms with Crippen molar-refractivity contribution in [1.82, 2.24) is 4.90 Å². The third kappa shape index (κ3) is 4.19. The Morgan fingerprint density at radius 1 is 1.39 bits per heavy atom. The van der Waals surface area contributed by atoms with Crippen molar-refractivity contribution in [2.24, 2.45) is 11.7 Å². The monoisotopic (exact) mass is 258 g/mol. The molecule has 18 heavy (non-hydrogen) atoms. The van der Waals surface area contributed by atoms with Crippen LogP contribution < -0.4 is 5.73 Å². The van der Waals surface area contributed by atoms with Gasteiger partial charge in [-0.1, -0.05) is 13.8 Å². The highest BCUT2D eigenvalue weighted by Crippen LogP contribution is 2.24. The molecule has 0 aliphatic carbocycles. The molecule has 1 saturated heterocycles. The zero-order valence-electron chi connectivity index (χ0n) is 12.2. The van der Waals surface area contributed by atoms with Gasteiger partial charge in [0.15, 0.2) is 0 Å². The molecule has 0 spiro atoms. The maximum Gasteiger partial charge on any atom is 0.0589 e. The molecule has 4 heteroatoms. The van der Waals surface area contributed by atoms with Crippen molar-refractivity contribution in [3.8, 4) is 0 Å². The van der Waals surface area contributed by atoms with E-state index < -0.39 is 0 Å². The van der Waals surface area contributed by atoms with Gasteiger partial charge in [-0.25, -0.2) is 0 Å². The highest BCUT2D eigenvalue weighted by Gasteiger charge is 2.32. The fourth-order valence-corrected chi connectivity index (χ4v) is 3.03. The molecule has 1 rings (SSSR count). The molecule has 2 N–H and O–H groups in total. The summed E-state index contributed by atoms with van der Waals surface area (Å²) in [5.41, 5.74) is 6.03. The van der Waals surface area contributed by atoms with Gasteiger partial charge in [-0.3, -0.25) is 4.90 Å². The maximum atomic E-state index is 6.03. The lowest BCUT2D eigenvalue weighted by molar-refractivity contribution is 0.0521. The Labute approximate surface area is 112 Å². The fourth-order valence-electron chi connectivity index (χ4n) is 3.03. The van der Waals surface area contributed by atoms with Crippen molar-refractivity contribution in [3.63, 3.8) is 0 Å². The van der Waals surface area contributed by atoms with E-state index in [1.807, 2.05) is 0 Å². The van der Waals surface area contributed by atoms with Crippen LogP contribution in [0, 0.1) is 5.92 Å². The van der Waals surface area contributed by atoms with Gasteiger partial charge in [-0.15, -0.1) is 0 Å². The summed E-state index contributed by atoms with van der Waals surface area (Å²) in [6, 6.07) is 1.04. The van der Waals surface area contributed by atoms with Crippen molar-refractivity contribution in [2.45, 2.75) is 45.2 Å². The summed E-state index contributed by atoms with van der Waals surface area (Å²) in [5.74, 6) is 0.590. The third-order valence-electron chi connectivity index (χ3n) is 4.14. The van der Waals surface area contributed by atoms with Crippen LogP contribution in [0.2, 0.25) is 0 Å². The van der Waals surface area contributed by atoms with E-state index in [0.29, 0.717) is 24.5 Å². The van der Waals surface area contributed by atoms with Gasteiger partial charge in [0, 0.05) is 44.8 Å². The van der Waals surface area contributed by atoms with Crippen molar-refractivity contribution < 1.29 is 9.47 Å². The number of ether oxygens (including phenoxy) is 2. The predicted octanol–water partition coefficient (Wildman–Crippen LogP) is 1.49. The van der Waals surface area contributed by atoms with Crippen LogP contribution in [0.15, 0.2) is 0 Å². The molecular weight excluding hydrogens is 228 g/mol. The summed E-state index contributed by atoms with van der Waals surface area (Å²) >= 11 is 0. The highest BCUT2D eigenvalue weighted by atomic mass is 16.5. The van der Waals surface area contributed by atoms with Crippen LogP contribution in [-0.4, -0.2) is 57.0 Å². The normalized spacial score (nSPS) is 22.0. The summed E-state index contributed by atoms with van der Waals surface area (Å²) in [6.07, 6.45) is 3.49. The number of hydrogen-bond donors (Lipinski definition) is 1. The second-order valence-corrected chi connectivity index (χ2v) is 5.13. The van der Waals surface area contributed by atoms with E-state index in [0.717, 1.165) is 32.8 Å². The van der Waals surface area contributed by atoms with E-state index in [9.17, 15) is 0 Å². The molecule has 0 aromatic carbocycles. The first-order valence-corrected chi connectivity index (χ1v) is 7.30. The highest BCUT2D eigenvalue weighted by molar-refractivity contribution is 4.86. The number of nitrogens with two attached hydrogens (primary N) is 1. The standard InChI is InChI=1S/C14H30N2O2/c1-4-13(5-2)16(7-9-17-3)14(10-15)12-6-8-18-11-12/h12-14H,4-11,15H2,1-3H3. The predicted molar refractivity (Wildman–Crippen MR) is 74.7 cm³/mol. The summed E-state index contributed by atoms with van der Waals surface area (Å²) < 4.78 is 10.8. The minimum Gasteiger partial charge on any atom is -0.383 e. The minimum atomic E-state index is 0.438. The van der Waals surface area contributed by atoms with Gasteiger partial charge in [0.2, 0.25) is 0 Å². The molecule has 0 amide bonds. The summed E-state index contributed by atoms with van der Waals surface area (Å²) in [5, 5.41) is 0. The SMILES string of the molecule is CCC(CC)N(CCOC)C(CN)C1CCOC1. The van der Waals surface area contributed by atoms with Crippen LogP contribution in [0.4, 0.5) is 0 Å². The Morgan fingerprint density at radius 3 is 2.56 bits per heavy atom. The number of rotatable bonds is 9. The molecule has 2 atom stereocenters. The van der Waals surface area contributed by atoms with E-state index in [1.54, 1.807) is 7.11 Å². The first-order valence-electron chi connectivity index (χ1n) is 7.30. The van der Waals surface area contributed by atoms with E-state index >= 15 is 0 Å². The Kier molecular flexibility index (Phi) is 7.82.